The predicted molar refractivity (Wildman–Crippen MR) is 118 cm³/mol. The second-order valence-corrected chi connectivity index (χ2v) is 6.95. The van der Waals surface area contributed by atoms with Gasteiger partial charge >= 0.3 is 0 Å². The number of aliphatic imine (C=N–C) groups is 1. The van der Waals surface area contributed by atoms with Gasteiger partial charge in [-0.15, -0.1) is 24.0 Å². The van der Waals surface area contributed by atoms with E-state index in [-0.39, 0.29) is 24.0 Å². The van der Waals surface area contributed by atoms with Crippen molar-refractivity contribution in [2.45, 2.75) is 25.5 Å². The molecule has 7 heteroatoms. The first-order valence-corrected chi connectivity index (χ1v) is 9.41. The first-order valence-electron chi connectivity index (χ1n) is 9.03. The summed E-state index contributed by atoms with van der Waals surface area (Å²) in [7, 11) is 0. The third-order valence-electron chi connectivity index (χ3n) is 4.84. The molecule has 0 aromatic heterocycles. The fraction of sp³-hybridized carbons (Fsp3) is 0.526. The molecule has 144 valence electrons. The van der Waals surface area contributed by atoms with E-state index in [1.165, 1.54) is 0 Å². The third-order valence-corrected chi connectivity index (χ3v) is 5.18. The van der Waals surface area contributed by atoms with E-state index in [2.05, 4.69) is 39.2 Å². The van der Waals surface area contributed by atoms with Crippen LogP contribution >= 0.6 is 35.6 Å². The second kappa shape index (κ2) is 10.5. The number of hydrogen-bond donors (Lipinski definition) is 2. The van der Waals surface area contributed by atoms with Crippen molar-refractivity contribution in [2.24, 2.45) is 4.99 Å². The molecule has 0 amide bonds. The molecule has 0 aliphatic carbocycles. The van der Waals surface area contributed by atoms with Crippen LogP contribution in [0.25, 0.3) is 0 Å². The largest absolute Gasteiger partial charge is 0.386 e. The number of rotatable bonds is 5. The summed E-state index contributed by atoms with van der Waals surface area (Å²) in [6.07, 6.45) is 4.94. The number of aliphatic hydroxyl groups excluding tert-OH is 1. The Labute approximate surface area is 178 Å². The average Bonchev–Trinajstić information content (AvgIpc) is 3.29. The number of halogens is 2. The van der Waals surface area contributed by atoms with Crippen molar-refractivity contribution in [3.63, 3.8) is 0 Å². The van der Waals surface area contributed by atoms with Gasteiger partial charge in [0.1, 0.15) is 6.10 Å². The van der Waals surface area contributed by atoms with Gasteiger partial charge in [0.05, 0.1) is 6.54 Å². The Hall–Kier alpha value is -0.830. The Bertz CT molecular complexity index is 632. The summed E-state index contributed by atoms with van der Waals surface area (Å²) in [5.74, 6) is 0.878. The van der Waals surface area contributed by atoms with E-state index in [4.69, 9.17) is 11.6 Å². The van der Waals surface area contributed by atoms with Gasteiger partial charge in [-0.1, -0.05) is 42.0 Å². The van der Waals surface area contributed by atoms with Gasteiger partial charge in [0, 0.05) is 49.4 Å². The van der Waals surface area contributed by atoms with Crippen LogP contribution in [-0.4, -0.2) is 66.2 Å². The van der Waals surface area contributed by atoms with E-state index in [0.29, 0.717) is 17.6 Å². The fourth-order valence-corrected chi connectivity index (χ4v) is 3.73. The van der Waals surface area contributed by atoms with Gasteiger partial charge < -0.3 is 15.3 Å². The summed E-state index contributed by atoms with van der Waals surface area (Å²) < 4.78 is 0. The minimum Gasteiger partial charge on any atom is -0.386 e. The van der Waals surface area contributed by atoms with Gasteiger partial charge in [-0.05, 0) is 19.4 Å². The summed E-state index contributed by atoms with van der Waals surface area (Å²) in [5.41, 5.74) is 0.728. The van der Waals surface area contributed by atoms with Gasteiger partial charge in [-0.3, -0.25) is 9.89 Å². The first kappa shape index (κ1) is 21.5. The summed E-state index contributed by atoms with van der Waals surface area (Å²) in [4.78, 5) is 9.46. The lowest BCUT2D eigenvalue weighted by Gasteiger charge is -2.25. The normalized spacial score (nSPS) is 21.7. The van der Waals surface area contributed by atoms with Gasteiger partial charge in [0.15, 0.2) is 5.96 Å². The van der Waals surface area contributed by atoms with Crippen LogP contribution in [0.15, 0.2) is 41.4 Å². The van der Waals surface area contributed by atoms with E-state index in [1.807, 2.05) is 18.2 Å². The summed E-state index contributed by atoms with van der Waals surface area (Å²) in [6, 6.07) is 7.97. The van der Waals surface area contributed by atoms with Crippen molar-refractivity contribution in [2.75, 3.05) is 39.3 Å². The zero-order chi connectivity index (χ0) is 17.6. The first-order chi connectivity index (χ1) is 12.2. The van der Waals surface area contributed by atoms with Crippen molar-refractivity contribution in [1.82, 2.24) is 15.1 Å². The van der Waals surface area contributed by atoms with E-state index < -0.39 is 6.10 Å². The van der Waals surface area contributed by atoms with Crippen molar-refractivity contribution in [3.8, 4) is 0 Å². The molecule has 0 spiro atoms. The van der Waals surface area contributed by atoms with Crippen LogP contribution in [0.1, 0.15) is 25.0 Å². The number of aliphatic hydroxyl groups is 1. The van der Waals surface area contributed by atoms with Gasteiger partial charge in [0.25, 0.3) is 0 Å². The highest BCUT2D eigenvalue weighted by Crippen LogP contribution is 2.23. The van der Waals surface area contributed by atoms with Crippen LogP contribution in [0.4, 0.5) is 0 Å². The van der Waals surface area contributed by atoms with Crippen molar-refractivity contribution < 1.29 is 5.11 Å². The quantitative estimate of drug-likeness (QED) is 0.288. The monoisotopic (exact) mass is 490 g/mol. The summed E-state index contributed by atoms with van der Waals surface area (Å²) in [5, 5.41) is 14.4. The molecule has 5 nitrogen and oxygen atoms in total. The lowest BCUT2D eigenvalue weighted by Crippen LogP contribution is -2.43. The summed E-state index contributed by atoms with van der Waals surface area (Å²) in [6.45, 7) is 7.27. The van der Waals surface area contributed by atoms with Gasteiger partial charge in [-0.2, -0.15) is 0 Å². The van der Waals surface area contributed by atoms with E-state index >= 15 is 0 Å². The topological polar surface area (TPSA) is 51.1 Å². The van der Waals surface area contributed by atoms with Crippen LogP contribution in [0.5, 0.6) is 0 Å². The minimum atomic E-state index is -0.691. The molecular formula is C19H28ClIN4O. The lowest BCUT2D eigenvalue weighted by atomic mass is 10.1. The predicted octanol–water partition coefficient (Wildman–Crippen LogP) is 2.90. The van der Waals surface area contributed by atoms with Crippen molar-refractivity contribution >= 4 is 41.5 Å². The molecule has 1 saturated heterocycles. The maximum Gasteiger partial charge on any atom is 0.194 e. The zero-order valence-electron chi connectivity index (χ0n) is 15.1. The molecule has 0 saturated carbocycles. The SMILES string of the molecule is CCNC(=NCC(O)c1ccccc1Cl)N1CCC(N2CC=CC2)C1.I. The van der Waals surface area contributed by atoms with Crippen molar-refractivity contribution in [1.29, 1.82) is 0 Å². The maximum atomic E-state index is 10.4. The molecule has 2 unspecified atom stereocenters. The smallest absolute Gasteiger partial charge is 0.194 e. The van der Waals surface area contributed by atoms with Crippen LogP contribution in [0.2, 0.25) is 5.02 Å². The van der Waals surface area contributed by atoms with E-state index in [0.717, 1.165) is 50.7 Å². The molecule has 1 aromatic carbocycles. The third kappa shape index (κ3) is 5.34. The fourth-order valence-electron chi connectivity index (χ4n) is 3.47. The molecule has 2 atom stereocenters. The Balaban J connectivity index is 0.00000243. The Kier molecular flexibility index (Phi) is 8.66. The lowest BCUT2D eigenvalue weighted by molar-refractivity contribution is 0.186. The molecule has 0 bridgehead atoms. The maximum absolute atomic E-state index is 10.4. The standard InChI is InChI=1S/C19H27ClN4O.HI/c1-2-21-19(22-13-18(25)16-7-3-4-8-17(16)20)24-12-9-15(14-24)23-10-5-6-11-23;/h3-8,15,18,25H,2,9-14H2,1H3,(H,21,22);1H. The molecule has 1 aromatic rings. The highest BCUT2D eigenvalue weighted by Gasteiger charge is 2.29. The Morgan fingerprint density at radius 2 is 2.08 bits per heavy atom. The highest BCUT2D eigenvalue weighted by atomic mass is 127. The van der Waals surface area contributed by atoms with Crippen LogP contribution in [0.3, 0.4) is 0 Å². The molecule has 1 fully saturated rings. The molecule has 3 rings (SSSR count). The minimum absolute atomic E-state index is 0. The van der Waals surface area contributed by atoms with Gasteiger partial charge in [-0.25, -0.2) is 0 Å². The van der Waals surface area contributed by atoms with Crippen LogP contribution in [0, 0.1) is 0 Å². The number of nitrogens with one attached hydrogen (secondary N) is 1. The molecule has 0 radical (unpaired) electrons. The summed E-state index contributed by atoms with van der Waals surface area (Å²) >= 11 is 6.17. The van der Waals surface area contributed by atoms with Crippen molar-refractivity contribution in [3.05, 3.63) is 47.0 Å². The number of hydrogen-bond acceptors (Lipinski definition) is 3. The number of likely N-dealkylation sites (tertiary alicyclic amines) is 1. The zero-order valence-corrected chi connectivity index (χ0v) is 18.2. The molecule has 2 N–H and O–H groups in total. The molecule has 2 aliphatic heterocycles. The Morgan fingerprint density at radius 3 is 2.77 bits per heavy atom. The van der Waals surface area contributed by atoms with E-state index in [9.17, 15) is 5.11 Å². The molecule has 26 heavy (non-hydrogen) atoms. The second-order valence-electron chi connectivity index (χ2n) is 6.55. The molecule has 2 heterocycles. The van der Waals surface area contributed by atoms with Crippen LogP contribution < -0.4 is 5.32 Å². The molecule has 2 aliphatic rings. The number of nitrogens with zero attached hydrogens (tertiary/aromatic N) is 3. The average molecular weight is 491 g/mol. The number of benzene rings is 1. The van der Waals surface area contributed by atoms with Gasteiger partial charge in [0.2, 0.25) is 0 Å². The van der Waals surface area contributed by atoms with E-state index in [1.54, 1.807) is 6.07 Å². The molecular weight excluding hydrogens is 463 g/mol. The highest BCUT2D eigenvalue weighted by molar-refractivity contribution is 14.0. The Morgan fingerprint density at radius 1 is 1.35 bits per heavy atom. The van der Waals surface area contributed by atoms with Crippen LogP contribution in [-0.2, 0) is 0 Å². The number of guanidine groups is 1.